The van der Waals surface area contributed by atoms with Crippen LogP contribution in [-0.2, 0) is 4.79 Å². The maximum Gasteiger partial charge on any atom is 0.406 e. The molecule has 0 bridgehead atoms. The van der Waals surface area contributed by atoms with E-state index in [9.17, 15) is 18.0 Å². The molecule has 1 amide bonds. The van der Waals surface area contributed by atoms with E-state index in [4.69, 9.17) is 0 Å². The number of piperidine rings is 1. The minimum atomic E-state index is -4.41. The van der Waals surface area contributed by atoms with E-state index in [-0.39, 0.29) is 12.6 Å². The van der Waals surface area contributed by atoms with E-state index >= 15 is 0 Å². The number of carbonyl (C=O) groups excluding carboxylic acids is 1. The molecule has 2 unspecified atom stereocenters. The van der Waals surface area contributed by atoms with Crippen LogP contribution >= 0.6 is 0 Å². The zero-order chi connectivity index (χ0) is 19.3. The number of nitrogens with one attached hydrogen (secondary N) is 1. The zero-order valence-corrected chi connectivity index (χ0v) is 15.2. The molecule has 26 heavy (non-hydrogen) atoms. The second-order valence-electron chi connectivity index (χ2n) is 6.55. The standard InChI is InChI=1S/C16H25F3N6O/c1-12-4-6-24(9-13(12)25-7-5-21-11-25)15(20-2)22-8-14(26)23(3)10-16(17,18)19/h5,7,11-13H,4,6,8-10H2,1-3H3,(H,20,22). The number of imidazole rings is 1. The third kappa shape index (κ3) is 5.37. The van der Waals surface area contributed by atoms with Crippen molar-refractivity contribution in [2.75, 3.05) is 40.3 Å². The van der Waals surface area contributed by atoms with Crippen molar-refractivity contribution in [1.82, 2.24) is 24.7 Å². The number of likely N-dealkylation sites (tertiary alicyclic amines) is 1. The van der Waals surface area contributed by atoms with Crippen LogP contribution in [0.3, 0.4) is 0 Å². The predicted octanol–water partition coefficient (Wildman–Crippen LogP) is 1.36. The van der Waals surface area contributed by atoms with Crippen molar-refractivity contribution in [3.05, 3.63) is 18.7 Å². The summed E-state index contributed by atoms with van der Waals surface area (Å²) in [6.07, 6.45) is 1.94. The summed E-state index contributed by atoms with van der Waals surface area (Å²) in [4.78, 5) is 22.8. The van der Waals surface area contributed by atoms with Crippen LogP contribution in [0.4, 0.5) is 13.2 Å². The smallest absolute Gasteiger partial charge is 0.347 e. The first kappa shape index (κ1) is 20.1. The summed E-state index contributed by atoms with van der Waals surface area (Å²) in [5.74, 6) is 0.328. The summed E-state index contributed by atoms with van der Waals surface area (Å²) in [7, 11) is 2.73. The fourth-order valence-electron chi connectivity index (χ4n) is 3.07. The fourth-order valence-corrected chi connectivity index (χ4v) is 3.07. The first-order chi connectivity index (χ1) is 12.2. The van der Waals surface area contributed by atoms with Crippen LogP contribution in [0, 0.1) is 5.92 Å². The number of aliphatic imine (C=N–C) groups is 1. The van der Waals surface area contributed by atoms with Crippen molar-refractivity contribution in [3.63, 3.8) is 0 Å². The number of alkyl halides is 3. The molecule has 2 heterocycles. The van der Waals surface area contributed by atoms with Crippen LogP contribution in [0.2, 0.25) is 0 Å². The van der Waals surface area contributed by atoms with Crippen LogP contribution in [-0.4, -0.2) is 77.7 Å². The maximum absolute atomic E-state index is 12.4. The van der Waals surface area contributed by atoms with Gasteiger partial charge in [-0.15, -0.1) is 0 Å². The monoisotopic (exact) mass is 374 g/mol. The molecule has 0 saturated carbocycles. The highest BCUT2D eigenvalue weighted by Gasteiger charge is 2.32. The van der Waals surface area contributed by atoms with Crippen LogP contribution in [0.1, 0.15) is 19.4 Å². The Morgan fingerprint density at radius 1 is 1.46 bits per heavy atom. The lowest BCUT2D eigenvalue weighted by molar-refractivity contribution is -0.157. The number of aromatic nitrogens is 2. The van der Waals surface area contributed by atoms with Crippen molar-refractivity contribution in [2.24, 2.45) is 10.9 Å². The van der Waals surface area contributed by atoms with Crippen molar-refractivity contribution < 1.29 is 18.0 Å². The largest absolute Gasteiger partial charge is 0.406 e. The second-order valence-corrected chi connectivity index (χ2v) is 6.55. The van der Waals surface area contributed by atoms with E-state index in [2.05, 4.69) is 22.2 Å². The molecule has 1 N–H and O–H groups in total. The van der Waals surface area contributed by atoms with E-state index in [1.54, 1.807) is 19.6 Å². The molecule has 1 fully saturated rings. The van der Waals surface area contributed by atoms with Crippen molar-refractivity contribution in [1.29, 1.82) is 0 Å². The summed E-state index contributed by atoms with van der Waals surface area (Å²) in [5.41, 5.74) is 0. The summed E-state index contributed by atoms with van der Waals surface area (Å²) in [6, 6.07) is 0.216. The molecule has 10 heteroatoms. The highest BCUT2D eigenvalue weighted by molar-refractivity contribution is 5.86. The Bertz CT molecular complexity index is 616. The van der Waals surface area contributed by atoms with Gasteiger partial charge in [-0.1, -0.05) is 6.92 Å². The molecule has 1 aliphatic heterocycles. The number of amides is 1. The summed E-state index contributed by atoms with van der Waals surface area (Å²) < 4.78 is 39.2. The summed E-state index contributed by atoms with van der Waals surface area (Å²) >= 11 is 0. The van der Waals surface area contributed by atoms with Gasteiger partial charge in [-0.3, -0.25) is 9.79 Å². The molecule has 1 aliphatic rings. The highest BCUT2D eigenvalue weighted by atomic mass is 19.4. The topological polar surface area (TPSA) is 65.8 Å². The number of nitrogens with zero attached hydrogens (tertiary/aromatic N) is 5. The van der Waals surface area contributed by atoms with Crippen molar-refractivity contribution >= 4 is 11.9 Å². The van der Waals surface area contributed by atoms with Gasteiger partial charge in [-0.05, 0) is 12.3 Å². The normalized spacial score (nSPS) is 21.6. The molecular weight excluding hydrogens is 349 g/mol. The molecular formula is C16H25F3N6O. The first-order valence-corrected chi connectivity index (χ1v) is 8.45. The van der Waals surface area contributed by atoms with E-state index in [1.165, 1.54) is 0 Å². The van der Waals surface area contributed by atoms with Crippen LogP contribution in [0.25, 0.3) is 0 Å². The van der Waals surface area contributed by atoms with Gasteiger partial charge in [0.1, 0.15) is 6.54 Å². The molecule has 0 aliphatic carbocycles. The number of carbonyl (C=O) groups is 1. The average Bonchev–Trinajstić information content (AvgIpc) is 3.09. The van der Waals surface area contributed by atoms with E-state index < -0.39 is 18.6 Å². The Hall–Kier alpha value is -2.26. The first-order valence-electron chi connectivity index (χ1n) is 8.45. The number of likely N-dealkylation sites (N-methyl/N-ethyl adjacent to an activating group) is 1. The molecule has 146 valence electrons. The van der Waals surface area contributed by atoms with Gasteiger partial charge in [0.15, 0.2) is 5.96 Å². The Morgan fingerprint density at radius 3 is 2.77 bits per heavy atom. The Kier molecular flexibility index (Phi) is 6.49. The van der Waals surface area contributed by atoms with Gasteiger partial charge >= 0.3 is 6.18 Å². The quantitative estimate of drug-likeness (QED) is 0.639. The molecule has 0 radical (unpaired) electrons. The van der Waals surface area contributed by atoms with Crippen LogP contribution < -0.4 is 5.32 Å². The minimum absolute atomic E-state index is 0.216. The molecule has 0 spiro atoms. The molecule has 2 atom stereocenters. The zero-order valence-electron chi connectivity index (χ0n) is 15.2. The number of rotatable bonds is 4. The molecule has 0 aromatic carbocycles. The molecule has 1 aromatic rings. The molecule has 1 saturated heterocycles. The minimum Gasteiger partial charge on any atom is -0.347 e. The van der Waals surface area contributed by atoms with Gasteiger partial charge in [0.25, 0.3) is 0 Å². The fraction of sp³-hybridized carbons (Fsp3) is 0.688. The van der Waals surface area contributed by atoms with Crippen LogP contribution in [0.15, 0.2) is 23.7 Å². The van der Waals surface area contributed by atoms with Gasteiger partial charge in [-0.25, -0.2) is 4.98 Å². The Labute approximate surface area is 150 Å². The number of guanidine groups is 1. The molecule has 2 rings (SSSR count). The Balaban J connectivity index is 1.93. The predicted molar refractivity (Wildman–Crippen MR) is 91.7 cm³/mol. The van der Waals surface area contributed by atoms with Crippen molar-refractivity contribution in [2.45, 2.75) is 25.6 Å². The van der Waals surface area contributed by atoms with E-state index in [0.717, 1.165) is 20.0 Å². The lowest BCUT2D eigenvalue weighted by atomic mass is 9.93. The summed E-state index contributed by atoms with van der Waals surface area (Å²) in [5, 5.41) is 2.88. The lowest BCUT2D eigenvalue weighted by Gasteiger charge is -2.39. The van der Waals surface area contributed by atoms with E-state index in [1.807, 2.05) is 15.7 Å². The molecule has 1 aromatic heterocycles. The maximum atomic E-state index is 12.4. The van der Waals surface area contributed by atoms with Crippen molar-refractivity contribution in [3.8, 4) is 0 Å². The molecule has 7 nitrogen and oxygen atoms in total. The van der Waals surface area contributed by atoms with Gasteiger partial charge < -0.3 is 19.7 Å². The summed E-state index contributed by atoms with van der Waals surface area (Å²) in [6.45, 7) is 2.12. The SMILES string of the molecule is CN=C(NCC(=O)N(C)CC(F)(F)F)N1CCC(C)C(n2ccnc2)C1. The number of hydrogen-bond acceptors (Lipinski definition) is 3. The lowest BCUT2D eigenvalue weighted by Crippen LogP contribution is -2.51. The number of hydrogen-bond donors (Lipinski definition) is 1. The Morgan fingerprint density at radius 2 is 2.19 bits per heavy atom. The van der Waals surface area contributed by atoms with Crippen LogP contribution in [0.5, 0.6) is 0 Å². The van der Waals surface area contributed by atoms with E-state index in [0.29, 0.717) is 23.3 Å². The van der Waals surface area contributed by atoms with Gasteiger partial charge in [0.2, 0.25) is 5.91 Å². The number of halogens is 3. The van der Waals surface area contributed by atoms with Gasteiger partial charge in [0.05, 0.1) is 18.9 Å². The highest BCUT2D eigenvalue weighted by Crippen LogP contribution is 2.27. The second kappa shape index (κ2) is 8.41. The average molecular weight is 374 g/mol. The third-order valence-corrected chi connectivity index (χ3v) is 4.58. The van der Waals surface area contributed by atoms with Gasteiger partial charge in [-0.2, -0.15) is 13.2 Å². The van der Waals surface area contributed by atoms with Gasteiger partial charge in [0, 0.05) is 39.6 Å². The third-order valence-electron chi connectivity index (χ3n) is 4.58.